The fourth-order valence-electron chi connectivity index (χ4n) is 2.57. The SMILES string of the molecule is Cc1cccc(NS(=O)(=O)Nc2ccc(C)c3cccnc23)c1C. The monoisotopic (exact) mass is 341 g/mol. The van der Waals surface area contributed by atoms with Gasteiger partial charge in [0.15, 0.2) is 0 Å². The van der Waals surface area contributed by atoms with Gasteiger partial charge in [-0.1, -0.05) is 24.3 Å². The van der Waals surface area contributed by atoms with Crippen molar-refractivity contribution < 1.29 is 8.42 Å². The molecule has 0 fully saturated rings. The zero-order chi connectivity index (χ0) is 17.3. The van der Waals surface area contributed by atoms with Crippen LogP contribution in [0.2, 0.25) is 0 Å². The second-order valence-corrected chi connectivity index (χ2v) is 7.20. The van der Waals surface area contributed by atoms with E-state index >= 15 is 0 Å². The van der Waals surface area contributed by atoms with E-state index in [0.29, 0.717) is 16.9 Å². The van der Waals surface area contributed by atoms with E-state index in [-0.39, 0.29) is 0 Å². The Bertz CT molecular complexity index is 1010. The molecule has 0 bridgehead atoms. The zero-order valence-electron chi connectivity index (χ0n) is 13.8. The second kappa shape index (κ2) is 6.13. The number of nitrogens with one attached hydrogen (secondary N) is 2. The van der Waals surface area contributed by atoms with Crippen LogP contribution >= 0.6 is 0 Å². The van der Waals surface area contributed by atoms with Crippen LogP contribution < -0.4 is 9.44 Å². The third-order valence-electron chi connectivity index (χ3n) is 4.08. The van der Waals surface area contributed by atoms with E-state index in [1.165, 1.54) is 0 Å². The first-order valence-electron chi connectivity index (χ1n) is 7.58. The van der Waals surface area contributed by atoms with Crippen LogP contribution in [0.3, 0.4) is 0 Å². The van der Waals surface area contributed by atoms with Crippen LogP contribution in [0.5, 0.6) is 0 Å². The normalized spacial score (nSPS) is 11.5. The Morgan fingerprint density at radius 1 is 0.833 bits per heavy atom. The van der Waals surface area contributed by atoms with Crippen LogP contribution in [-0.2, 0) is 10.2 Å². The predicted octanol–water partition coefficient (Wildman–Crippen LogP) is 3.93. The Morgan fingerprint density at radius 3 is 2.38 bits per heavy atom. The highest BCUT2D eigenvalue weighted by molar-refractivity contribution is 7.94. The van der Waals surface area contributed by atoms with Crippen LogP contribution in [-0.4, -0.2) is 13.4 Å². The summed E-state index contributed by atoms with van der Waals surface area (Å²) >= 11 is 0. The average Bonchev–Trinajstić information content (AvgIpc) is 2.54. The topological polar surface area (TPSA) is 71.1 Å². The molecule has 24 heavy (non-hydrogen) atoms. The molecule has 0 saturated heterocycles. The van der Waals surface area contributed by atoms with E-state index < -0.39 is 10.2 Å². The molecule has 2 N–H and O–H groups in total. The van der Waals surface area contributed by atoms with Crippen molar-refractivity contribution in [1.82, 2.24) is 4.98 Å². The van der Waals surface area contributed by atoms with Gasteiger partial charge >= 0.3 is 10.2 Å². The molecule has 3 aromatic rings. The van der Waals surface area contributed by atoms with Crippen molar-refractivity contribution in [2.24, 2.45) is 0 Å². The van der Waals surface area contributed by atoms with Crippen LogP contribution in [0.1, 0.15) is 16.7 Å². The first kappa shape index (κ1) is 16.3. The molecule has 124 valence electrons. The van der Waals surface area contributed by atoms with Crippen LogP contribution in [0.4, 0.5) is 11.4 Å². The number of rotatable bonds is 4. The summed E-state index contributed by atoms with van der Waals surface area (Å²) in [6.45, 7) is 5.80. The number of hydrogen-bond acceptors (Lipinski definition) is 3. The molecule has 0 atom stereocenters. The largest absolute Gasteiger partial charge is 0.321 e. The third kappa shape index (κ3) is 3.19. The summed E-state index contributed by atoms with van der Waals surface area (Å²) in [4.78, 5) is 4.31. The summed E-state index contributed by atoms with van der Waals surface area (Å²) < 4.78 is 30.2. The van der Waals surface area contributed by atoms with Crippen molar-refractivity contribution in [2.75, 3.05) is 9.44 Å². The van der Waals surface area contributed by atoms with Crippen molar-refractivity contribution >= 4 is 32.5 Å². The van der Waals surface area contributed by atoms with Crippen molar-refractivity contribution in [3.8, 4) is 0 Å². The van der Waals surface area contributed by atoms with Gasteiger partial charge in [-0.25, -0.2) is 0 Å². The Kier molecular flexibility index (Phi) is 4.15. The van der Waals surface area contributed by atoms with Gasteiger partial charge in [-0.15, -0.1) is 0 Å². The van der Waals surface area contributed by atoms with Crippen molar-refractivity contribution in [3.63, 3.8) is 0 Å². The van der Waals surface area contributed by atoms with E-state index in [2.05, 4.69) is 14.4 Å². The number of hydrogen-bond donors (Lipinski definition) is 2. The van der Waals surface area contributed by atoms with Gasteiger partial charge in [0.05, 0.1) is 16.9 Å². The van der Waals surface area contributed by atoms with E-state index in [1.54, 1.807) is 18.3 Å². The lowest BCUT2D eigenvalue weighted by Crippen LogP contribution is -2.22. The predicted molar refractivity (Wildman–Crippen MR) is 98.6 cm³/mol. The van der Waals surface area contributed by atoms with Crippen LogP contribution in [0.15, 0.2) is 48.7 Å². The second-order valence-electron chi connectivity index (χ2n) is 5.78. The van der Waals surface area contributed by atoms with Gasteiger partial charge in [-0.05, 0) is 55.7 Å². The molecule has 0 unspecified atom stereocenters. The first-order valence-corrected chi connectivity index (χ1v) is 9.07. The van der Waals surface area contributed by atoms with Gasteiger partial charge < -0.3 is 0 Å². The van der Waals surface area contributed by atoms with E-state index in [0.717, 1.165) is 22.1 Å². The summed E-state index contributed by atoms with van der Waals surface area (Å²) in [6, 6.07) is 12.9. The number of aryl methyl sites for hydroxylation is 2. The van der Waals surface area contributed by atoms with Gasteiger partial charge in [0.2, 0.25) is 0 Å². The summed E-state index contributed by atoms with van der Waals surface area (Å²) in [5.41, 5.74) is 4.61. The summed E-state index contributed by atoms with van der Waals surface area (Å²) in [5, 5.41) is 0.921. The molecular formula is C18H19N3O2S. The molecule has 0 aliphatic carbocycles. The minimum atomic E-state index is -3.77. The Balaban J connectivity index is 1.96. The van der Waals surface area contributed by atoms with E-state index in [9.17, 15) is 8.42 Å². The standard InChI is InChI=1S/C18H19N3O2S/c1-12-6-4-8-16(14(12)3)20-24(22,23)21-17-10-9-13(2)15-7-5-11-19-18(15)17/h4-11,20-21H,1-3H3. The molecular weight excluding hydrogens is 322 g/mol. The molecule has 1 heterocycles. The Morgan fingerprint density at radius 2 is 1.58 bits per heavy atom. The average molecular weight is 341 g/mol. The van der Waals surface area contributed by atoms with Crippen molar-refractivity contribution in [3.05, 3.63) is 65.4 Å². The lowest BCUT2D eigenvalue weighted by Gasteiger charge is -2.15. The maximum atomic E-state index is 12.5. The minimum Gasteiger partial charge on any atom is -0.266 e. The molecule has 2 aromatic carbocycles. The third-order valence-corrected chi connectivity index (χ3v) is 5.06. The highest BCUT2D eigenvalue weighted by Gasteiger charge is 2.15. The molecule has 1 aromatic heterocycles. The number of anilines is 2. The number of benzene rings is 2. The van der Waals surface area contributed by atoms with Crippen LogP contribution in [0.25, 0.3) is 10.9 Å². The number of pyridine rings is 1. The number of fused-ring (bicyclic) bond motifs is 1. The van der Waals surface area contributed by atoms with Gasteiger partial charge in [0.25, 0.3) is 0 Å². The summed E-state index contributed by atoms with van der Waals surface area (Å²) in [7, 11) is -3.77. The van der Waals surface area contributed by atoms with Gasteiger partial charge in [0.1, 0.15) is 0 Å². The molecule has 3 rings (SSSR count). The molecule has 0 radical (unpaired) electrons. The van der Waals surface area contributed by atoms with Crippen molar-refractivity contribution in [2.45, 2.75) is 20.8 Å². The number of nitrogens with zero attached hydrogens (tertiary/aromatic N) is 1. The first-order chi connectivity index (χ1) is 11.4. The van der Waals surface area contributed by atoms with E-state index in [1.807, 2.05) is 51.1 Å². The Labute approximate surface area is 141 Å². The van der Waals surface area contributed by atoms with E-state index in [4.69, 9.17) is 0 Å². The summed E-state index contributed by atoms with van der Waals surface area (Å²) in [5.74, 6) is 0. The fourth-order valence-corrected chi connectivity index (χ4v) is 3.59. The fraction of sp³-hybridized carbons (Fsp3) is 0.167. The Hall–Kier alpha value is -2.60. The molecule has 5 nitrogen and oxygen atoms in total. The number of aromatic nitrogens is 1. The summed E-state index contributed by atoms with van der Waals surface area (Å²) in [6.07, 6.45) is 1.65. The van der Waals surface area contributed by atoms with Crippen molar-refractivity contribution in [1.29, 1.82) is 0 Å². The molecule has 0 saturated carbocycles. The molecule has 0 spiro atoms. The lowest BCUT2D eigenvalue weighted by molar-refractivity contribution is 0.606. The minimum absolute atomic E-state index is 0.453. The quantitative estimate of drug-likeness (QED) is 0.755. The van der Waals surface area contributed by atoms with Crippen LogP contribution in [0, 0.1) is 20.8 Å². The maximum absolute atomic E-state index is 12.5. The van der Waals surface area contributed by atoms with Gasteiger partial charge in [-0.2, -0.15) is 8.42 Å². The molecule has 0 amide bonds. The smallest absolute Gasteiger partial charge is 0.266 e. The highest BCUT2D eigenvalue weighted by atomic mass is 32.2. The van der Waals surface area contributed by atoms with Gasteiger partial charge in [0, 0.05) is 11.6 Å². The maximum Gasteiger partial charge on any atom is 0.321 e. The molecule has 0 aliphatic heterocycles. The zero-order valence-corrected chi connectivity index (χ0v) is 14.6. The molecule has 6 heteroatoms. The highest BCUT2D eigenvalue weighted by Crippen LogP contribution is 2.26. The lowest BCUT2D eigenvalue weighted by atomic mass is 10.1. The molecule has 0 aliphatic rings. The van der Waals surface area contributed by atoms with Gasteiger partial charge in [-0.3, -0.25) is 14.4 Å².